The van der Waals surface area contributed by atoms with E-state index in [0.717, 1.165) is 36.3 Å². The van der Waals surface area contributed by atoms with Crippen LogP contribution in [-0.2, 0) is 6.54 Å². The molecule has 1 saturated carbocycles. The summed E-state index contributed by atoms with van der Waals surface area (Å²) >= 11 is 0. The Kier molecular flexibility index (Phi) is 3.93. The number of hydrogen-bond acceptors (Lipinski definition) is 4. The van der Waals surface area contributed by atoms with Crippen LogP contribution in [0, 0.1) is 18.8 Å². The molecule has 1 N–H and O–H groups in total. The van der Waals surface area contributed by atoms with Crippen molar-refractivity contribution >= 4 is 0 Å². The molecule has 0 aromatic carbocycles. The van der Waals surface area contributed by atoms with Crippen molar-refractivity contribution in [1.82, 2.24) is 15.6 Å². The van der Waals surface area contributed by atoms with Crippen LogP contribution in [0.2, 0.25) is 0 Å². The van der Waals surface area contributed by atoms with Gasteiger partial charge < -0.3 is 5.32 Å². The smallest absolute Gasteiger partial charge is 0.121 e. The molecule has 0 aliphatic heterocycles. The maximum Gasteiger partial charge on any atom is 0.121 e. The van der Waals surface area contributed by atoms with Crippen molar-refractivity contribution in [3.8, 4) is 0 Å². The van der Waals surface area contributed by atoms with Gasteiger partial charge >= 0.3 is 0 Å². The number of hydrogen-bond donors (Lipinski definition) is 1. The molecule has 1 aliphatic rings. The van der Waals surface area contributed by atoms with Gasteiger partial charge in [0, 0.05) is 6.54 Å². The number of aryl methyl sites for hydroxylation is 1. The molecule has 0 spiro atoms. The fourth-order valence-corrected chi connectivity index (χ4v) is 2.48. The van der Waals surface area contributed by atoms with E-state index >= 15 is 0 Å². The molecule has 16 heavy (non-hydrogen) atoms. The Morgan fingerprint density at radius 1 is 1.31 bits per heavy atom. The number of nitrogens with one attached hydrogen (secondary N) is 1. The highest BCUT2D eigenvalue weighted by Crippen LogP contribution is 2.28. The van der Waals surface area contributed by atoms with Crippen LogP contribution in [0.3, 0.4) is 0 Å². The molecule has 1 aromatic rings. The van der Waals surface area contributed by atoms with Gasteiger partial charge in [0.25, 0.3) is 0 Å². The van der Waals surface area contributed by atoms with Gasteiger partial charge in [-0.15, -0.1) is 0 Å². The molecule has 0 amide bonds. The Hall–Kier alpha value is -0.900. The van der Waals surface area contributed by atoms with Crippen LogP contribution in [0.5, 0.6) is 0 Å². The maximum absolute atomic E-state index is 4.67. The first-order chi connectivity index (χ1) is 7.77. The Morgan fingerprint density at radius 3 is 2.81 bits per heavy atom. The predicted octanol–water partition coefficient (Wildman–Crippen LogP) is 2.29. The first-order valence-corrected chi connectivity index (χ1v) is 6.26. The molecule has 0 saturated heterocycles. The third-order valence-electron chi connectivity index (χ3n) is 3.73. The molecule has 1 aliphatic carbocycles. The molecule has 1 heterocycles. The molecule has 4 heteroatoms. The normalized spacial score (nSPS) is 25.9. The molecule has 2 rings (SSSR count). The van der Waals surface area contributed by atoms with E-state index in [1.807, 2.05) is 6.92 Å². The second-order valence-corrected chi connectivity index (χ2v) is 4.95. The molecule has 0 bridgehead atoms. The van der Waals surface area contributed by atoms with Gasteiger partial charge in [0.2, 0.25) is 0 Å². The van der Waals surface area contributed by atoms with Gasteiger partial charge in [-0.1, -0.05) is 36.5 Å². The molecular weight excluding hydrogens is 202 g/mol. The first-order valence-electron chi connectivity index (χ1n) is 6.26. The summed E-state index contributed by atoms with van der Waals surface area (Å²) in [6, 6.07) is 0. The van der Waals surface area contributed by atoms with Gasteiger partial charge in [-0.25, -0.2) is 4.63 Å². The quantitative estimate of drug-likeness (QED) is 0.851. The van der Waals surface area contributed by atoms with E-state index in [0.29, 0.717) is 0 Å². The Labute approximate surface area is 96.8 Å². The van der Waals surface area contributed by atoms with E-state index in [4.69, 9.17) is 0 Å². The van der Waals surface area contributed by atoms with E-state index in [-0.39, 0.29) is 0 Å². The lowest BCUT2D eigenvalue weighted by molar-refractivity contribution is 0.246. The van der Waals surface area contributed by atoms with Gasteiger partial charge in [0.1, 0.15) is 11.4 Å². The highest BCUT2D eigenvalue weighted by Gasteiger charge is 2.20. The lowest BCUT2D eigenvalue weighted by Crippen LogP contribution is -2.29. The lowest BCUT2D eigenvalue weighted by Gasteiger charge is -2.28. The first kappa shape index (κ1) is 11.6. The number of rotatable bonds is 4. The summed E-state index contributed by atoms with van der Waals surface area (Å²) in [4.78, 5) is 0. The van der Waals surface area contributed by atoms with Crippen LogP contribution in [0.1, 0.15) is 44.0 Å². The SMILES string of the molecule is Cc1nonc1CNCC1CCCCC1C. The van der Waals surface area contributed by atoms with Crippen LogP contribution in [0.4, 0.5) is 0 Å². The van der Waals surface area contributed by atoms with E-state index < -0.39 is 0 Å². The van der Waals surface area contributed by atoms with Gasteiger partial charge in [0.15, 0.2) is 0 Å². The standard InChI is InChI=1S/C12H21N3O/c1-9-5-3-4-6-11(9)7-13-8-12-10(2)14-16-15-12/h9,11,13H,3-8H2,1-2H3. The summed E-state index contributed by atoms with van der Waals surface area (Å²) in [6.45, 7) is 6.16. The minimum atomic E-state index is 0.776. The van der Waals surface area contributed by atoms with Gasteiger partial charge in [-0.05, 0) is 31.7 Å². The summed E-state index contributed by atoms with van der Waals surface area (Å²) in [5.74, 6) is 1.69. The maximum atomic E-state index is 4.67. The van der Waals surface area contributed by atoms with Crippen LogP contribution < -0.4 is 5.32 Å². The third-order valence-corrected chi connectivity index (χ3v) is 3.73. The second kappa shape index (κ2) is 5.43. The zero-order chi connectivity index (χ0) is 11.4. The zero-order valence-corrected chi connectivity index (χ0v) is 10.2. The Morgan fingerprint density at radius 2 is 2.12 bits per heavy atom. The molecule has 1 fully saturated rings. The van der Waals surface area contributed by atoms with Crippen molar-refractivity contribution in [2.75, 3.05) is 6.54 Å². The van der Waals surface area contributed by atoms with Gasteiger partial charge in [0.05, 0.1) is 0 Å². The Bertz CT molecular complexity index is 324. The summed E-state index contributed by atoms with van der Waals surface area (Å²) in [5.41, 5.74) is 1.83. The van der Waals surface area contributed by atoms with E-state index in [2.05, 4.69) is 27.2 Å². The number of aromatic nitrogens is 2. The molecule has 0 radical (unpaired) electrons. The van der Waals surface area contributed by atoms with E-state index in [1.165, 1.54) is 25.7 Å². The molecular formula is C12H21N3O. The van der Waals surface area contributed by atoms with Crippen molar-refractivity contribution < 1.29 is 4.63 Å². The molecule has 2 atom stereocenters. The van der Waals surface area contributed by atoms with Crippen molar-refractivity contribution in [1.29, 1.82) is 0 Å². The van der Waals surface area contributed by atoms with Crippen LogP contribution in [-0.4, -0.2) is 16.9 Å². The van der Waals surface area contributed by atoms with Gasteiger partial charge in [-0.2, -0.15) is 0 Å². The lowest BCUT2D eigenvalue weighted by atomic mass is 9.80. The third kappa shape index (κ3) is 2.82. The minimum Gasteiger partial charge on any atom is -0.311 e. The van der Waals surface area contributed by atoms with Crippen LogP contribution in [0.25, 0.3) is 0 Å². The van der Waals surface area contributed by atoms with E-state index in [9.17, 15) is 0 Å². The predicted molar refractivity (Wildman–Crippen MR) is 61.9 cm³/mol. The monoisotopic (exact) mass is 223 g/mol. The van der Waals surface area contributed by atoms with Gasteiger partial charge in [-0.3, -0.25) is 0 Å². The average Bonchev–Trinajstić information content (AvgIpc) is 2.67. The number of nitrogens with zero attached hydrogens (tertiary/aromatic N) is 2. The fraction of sp³-hybridized carbons (Fsp3) is 0.833. The van der Waals surface area contributed by atoms with Crippen molar-refractivity contribution in [3.05, 3.63) is 11.4 Å². The minimum absolute atomic E-state index is 0.776. The molecule has 1 aromatic heterocycles. The van der Waals surface area contributed by atoms with Crippen LogP contribution >= 0.6 is 0 Å². The summed E-state index contributed by atoms with van der Waals surface area (Å²) in [6.07, 6.45) is 5.55. The zero-order valence-electron chi connectivity index (χ0n) is 10.2. The van der Waals surface area contributed by atoms with Crippen LogP contribution in [0.15, 0.2) is 4.63 Å². The summed E-state index contributed by atoms with van der Waals surface area (Å²) in [7, 11) is 0. The highest BCUT2D eigenvalue weighted by molar-refractivity contribution is 5.03. The van der Waals surface area contributed by atoms with Crippen molar-refractivity contribution in [2.24, 2.45) is 11.8 Å². The summed E-state index contributed by atoms with van der Waals surface area (Å²) < 4.78 is 4.67. The Balaban J connectivity index is 1.73. The molecule has 90 valence electrons. The van der Waals surface area contributed by atoms with Crippen molar-refractivity contribution in [3.63, 3.8) is 0 Å². The molecule has 2 unspecified atom stereocenters. The van der Waals surface area contributed by atoms with Crippen molar-refractivity contribution in [2.45, 2.75) is 46.1 Å². The fourth-order valence-electron chi connectivity index (χ4n) is 2.48. The summed E-state index contributed by atoms with van der Waals surface area (Å²) in [5, 5.41) is 11.1. The largest absolute Gasteiger partial charge is 0.311 e. The highest BCUT2D eigenvalue weighted by atomic mass is 16.6. The second-order valence-electron chi connectivity index (χ2n) is 4.95. The molecule has 4 nitrogen and oxygen atoms in total. The average molecular weight is 223 g/mol. The van der Waals surface area contributed by atoms with E-state index in [1.54, 1.807) is 0 Å². The topological polar surface area (TPSA) is 51.0 Å².